The van der Waals surface area contributed by atoms with Crippen LogP contribution in [0.3, 0.4) is 0 Å². The van der Waals surface area contributed by atoms with Crippen LogP contribution in [0.15, 0.2) is 6.07 Å². The molecule has 0 radical (unpaired) electrons. The monoisotopic (exact) mass is 275 g/mol. The van der Waals surface area contributed by atoms with Crippen LogP contribution in [0, 0.1) is 12.8 Å². The van der Waals surface area contributed by atoms with Gasteiger partial charge < -0.3 is 15.1 Å². The van der Waals surface area contributed by atoms with E-state index in [9.17, 15) is 0 Å². The van der Waals surface area contributed by atoms with Gasteiger partial charge in [-0.05, 0) is 45.7 Å². The Kier molecular flexibility index (Phi) is 3.78. The van der Waals surface area contributed by atoms with Crippen molar-refractivity contribution in [2.75, 3.05) is 43.9 Å². The summed E-state index contributed by atoms with van der Waals surface area (Å²) < 4.78 is 0. The molecule has 0 saturated carbocycles. The first-order valence-corrected chi connectivity index (χ1v) is 7.66. The topological polar surface area (TPSA) is 44.3 Å². The van der Waals surface area contributed by atoms with E-state index in [-0.39, 0.29) is 0 Å². The van der Waals surface area contributed by atoms with E-state index in [1.54, 1.807) is 0 Å². The molecule has 0 bridgehead atoms. The zero-order chi connectivity index (χ0) is 14.1. The van der Waals surface area contributed by atoms with Gasteiger partial charge in [0, 0.05) is 37.9 Å². The maximum Gasteiger partial charge on any atom is 0.224 e. The van der Waals surface area contributed by atoms with Gasteiger partial charge in [-0.1, -0.05) is 0 Å². The Hall–Kier alpha value is -1.36. The summed E-state index contributed by atoms with van der Waals surface area (Å²) in [6, 6.07) is 2.87. The number of aryl methyl sites for hydroxylation is 1. The first-order valence-electron chi connectivity index (χ1n) is 7.66. The summed E-state index contributed by atoms with van der Waals surface area (Å²) >= 11 is 0. The molecule has 0 amide bonds. The van der Waals surface area contributed by atoms with Gasteiger partial charge in [0.05, 0.1) is 0 Å². The quantitative estimate of drug-likeness (QED) is 0.891. The zero-order valence-corrected chi connectivity index (χ0v) is 12.8. The van der Waals surface area contributed by atoms with Gasteiger partial charge in [-0.2, -0.15) is 4.98 Å². The van der Waals surface area contributed by atoms with Gasteiger partial charge in [-0.15, -0.1) is 0 Å². The average molecular weight is 275 g/mol. The number of aromatic nitrogens is 2. The fourth-order valence-corrected chi connectivity index (χ4v) is 3.69. The van der Waals surface area contributed by atoms with Gasteiger partial charge in [0.1, 0.15) is 5.82 Å². The minimum Gasteiger partial charge on any atom is -0.357 e. The smallest absolute Gasteiger partial charge is 0.224 e. The maximum atomic E-state index is 4.62. The van der Waals surface area contributed by atoms with Gasteiger partial charge in [-0.25, -0.2) is 4.98 Å². The van der Waals surface area contributed by atoms with Crippen molar-refractivity contribution in [3.8, 4) is 0 Å². The highest BCUT2D eigenvalue weighted by Gasteiger charge is 2.34. The van der Waals surface area contributed by atoms with Crippen LogP contribution in [-0.4, -0.2) is 54.6 Å². The lowest BCUT2D eigenvalue weighted by molar-refractivity contribution is 0.102. The third-order valence-corrected chi connectivity index (χ3v) is 4.73. The van der Waals surface area contributed by atoms with Gasteiger partial charge in [0.2, 0.25) is 5.95 Å². The first kappa shape index (κ1) is 13.6. The Morgan fingerprint density at radius 2 is 2.10 bits per heavy atom. The minimum atomic E-state index is 0.725. The molecular weight excluding hydrogens is 250 g/mol. The Morgan fingerprint density at radius 1 is 1.25 bits per heavy atom. The van der Waals surface area contributed by atoms with E-state index in [0.717, 1.165) is 42.5 Å². The lowest BCUT2D eigenvalue weighted by Gasteiger charge is -2.46. The molecule has 5 heteroatoms. The Balaban J connectivity index is 1.77. The Bertz CT molecular complexity index is 475. The van der Waals surface area contributed by atoms with Crippen molar-refractivity contribution >= 4 is 11.8 Å². The summed E-state index contributed by atoms with van der Waals surface area (Å²) in [6.07, 6.45) is 3.93. The zero-order valence-electron chi connectivity index (χ0n) is 12.8. The highest BCUT2D eigenvalue weighted by molar-refractivity contribution is 5.45. The molecule has 0 spiro atoms. The second kappa shape index (κ2) is 5.56. The predicted octanol–water partition coefficient (Wildman–Crippen LogP) is 1.75. The van der Waals surface area contributed by atoms with Gasteiger partial charge >= 0.3 is 0 Å². The number of nitrogens with zero attached hydrogens (tertiary/aromatic N) is 4. The summed E-state index contributed by atoms with van der Waals surface area (Å²) in [6.45, 7) is 5.53. The number of anilines is 2. The molecule has 2 atom stereocenters. The van der Waals surface area contributed by atoms with E-state index >= 15 is 0 Å². The van der Waals surface area contributed by atoms with E-state index < -0.39 is 0 Å². The van der Waals surface area contributed by atoms with E-state index in [4.69, 9.17) is 0 Å². The number of likely N-dealkylation sites (tertiary alicyclic amines) is 1. The van der Waals surface area contributed by atoms with Gasteiger partial charge in [0.25, 0.3) is 0 Å². The second-order valence-electron chi connectivity index (χ2n) is 6.13. The summed E-state index contributed by atoms with van der Waals surface area (Å²) in [7, 11) is 4.15. The molecule has 2 fully saturated rings. The number of fused-ring (bicyclic) bond motifs is 1. The van der Waals surface area contributed by atoms with Crippen LogP contribution in [0.4, 0.5) is 11.8 Å². The van der Waals surface area contributed by atoms with Crippen LogP contribution in [0.1, 0.15) is 25.0 Å². The highest BCUT2D eigenvalue weighted by Crippen LogP contribution is 2.31. The van der Waals surface area contributed by atoms with Crippen molar-refractivity contribution in [2.45, 2.75) is 32.2 Å². The minimum absolute atomic E-state index is 0.725. The number of hydrogen-bond acceptors (Lipinski definition) is 5. The van der Waals surface area contributed by atoms with Crippen LogP contribution in [-0.2, 0) is 0 Å². The molecule has 1 aromatic rings. The van der Waals surface area contributed by atoms with Crippen LogP contribution in [0.2, 0.25) is 0 Å². The third-order valence-electron chi connectivity index (χ3n) is 4.73. The average Bonchev–Trinajstić information content (AvgIpc) is 2.46. The number of nitrogens with one attached hydrogen (secondary N) is 1. The Morgan fingerprint density at radius 3 is 2.90 bits per heavy atom. The fourth-order valence-electron chi connectivity index (χ4n) is 3.69. The van der Waals surface area contributed by atoms with E-state index in [1.807, 2.05) is 14.0 Å². The number of piperidine rings is 2. The molecule has 3 heterocycles. The first-order chi connectivity index (χ1) is 9.67. The van der Waals surface area contributed by atoms with E-state index in [0.29, 0.717) is 0 Å². The summed E-state index contributed by atoms with van der Waals surface area (Å²) in [5, 5.41) is 3.05. The van der Waals surface area contributed by atoms with E-state index in [1.165, 1.54) is 25.8 Å². The molecule has 2 unspecified atom stereocenters. The van der Waals surface area contributed by atoms with Crippen molar-refractivity contribution in [3.63, 3.8) is 0 Å². The summed E-state index contributed by atoms with van der Waals surface area (Å²) in [5.41, 5.74) is 1.03. The third kappa shape index (κ3) is 2.59. The molecule has 5 nitrogen and oxygen atoms in total. The van der Waals surface area contributed by atoms with E-state index in [2.05, 4.69) is 38.2 Å². The molecule has 0 aliphatic carbocycles. The van der Waals surface area contributed by atoms with Crippen molar-refractivity contribution in [2.24, 2.45) is 5.92 Å². The largest absolute Gasteiger partial charge is 0.357 e. The molecule has 2 aliphatic heterocycles. The van der Waals surface area contributed by atoms with Crippen LogP contribution in [0.5, 0.6) is 0 Å². The van der Waals surface area contributed by atoms with Gasteiger partial charge in [0.15, 0.2) is 0 Å². The predicted molar refractivity (Wildman–Crippen MR) is 82.3 cm³/mol. The molecule has 1 aromatic heterocycles. The molecule has 0 aromatic carbocycles. The van der Waals surface area contributed by atoms with Crippen molar-refractivity contribution in [3.05, 3.63) is 11.8 Å². The molecule has 20 heavy (non-hydrogen) atoms. The fraction of sp³-hybridized carbons (Fsp3) is 0.733. The molecular formula is C15H25N5. The summed E-state index contributed by atoms with van der Waals surface area (Å²) in [4.78, 5) is 14.0. The Labute approximate surface area is 121 Å². The molecule has 110 valence electrons. The standard InChI is InChI=1S/C15H25N5/c1-11-9-14(18-15(16-2)17-11)20-8-6-13-12(10-20)5-4-7-19(13)3/h9,12-13H,4-8,10H2,1-3H3,(H,16,17,18). The number of rotatable bonds is 2. The van der Waals surface area contributed by atoms with Crippen LogP contribution >= 0.6 is 0 Å². The lowest BCUT2D eigenvalue weighted by Crippen LogP contribution is -2.52. The van der Waals surface area contributed by atoms with Crippen LogP contribution < -0.4 is 10.2 Å². The molecule has 2 aliphatic rings. The molecule has 2 saturated heterocycles. The highest BCUT2D eigenvalue weighted by atomic mass is 15.3. The number of hydrogen-bond donors (Lipinski definition) is 1. The maximum absolute atomic E-state index is 4.62. The second-order valence-corrected chi connectivity index (χ2v) is 6.13. The van der Waals surface area contributed by atoms with Crippen molar-refractivity contribution in [1.29, 1.82) is 0 Å². The molecule has 1 N–H and O–H groups in total. The van der Waals surface area contributed by atoms with Gasteiger partial charge in [-0.3, -0.25) is 0 Å². The van der Waals surface area contributed by atoms with Crippen molar-refractivity contribution in [1.82, 2.24) is 14.9 Å². The lowest BCUT2D eigenvalue weighted by atomic mass is 9.84. The van der Waals surface area contributed by atoms with Crippen molar-refractivity contribution < 1.29 is 0 Å². The SMILES string of the molecule is CNc1nc(C)cc(N2CCC3C(CCCN3C)C2)n1. The normalized spacial score (nSPS) is 27.2. The molecule has 3 rings (SSSR count). The van der Waals surface area contributed by atoms with Crippen LogP contribution in [0.25, 0.3) is 0 Å². The summed E-state index contributed by atoms with van der Waals surface area (Å²) in [5.74, 6) is 2.59.